The van der Waals surface area contributed by atoms with Crippen LogP contribution in [0.3, 0.4) is 0 Å². The maximum absolute atomic E-state index is 12.7. The number of amides is 2. The maximum atomic E-state index is 12.7. The van der Waals surface area contributed by atoms with Crippen LogP contribution in [0.15, 0.2) is 36.7 Å². The second kappa shape index (κ2) is 11.4. The van der Waals surface area contributed by atoms with Crippen LogP contribution >= 0.6 is 0 Å². The van der Waals surface area contributed by atoms with Crippen LogP contribution in [0.25, 0.3) is 22.3 Å². The Kier molecular flexibility index (Phi) is 8.04. The van der Waals surface area contributed by atoms with Crippen LogP contribution in [0.2, 0.25) is 0 Å². The molecule has 3 aromatic heterocycles. The normalized spacial score (nSPS) is 15.3. The summed E-state index contributed by atoms with van der Waals surface area (Å²) in [5.74, 6) is -1.33. The standard InChI is InChI=1S/C26H33N9O2/c1-16(17(2)27)23(28)26(37)32-20-12-19-14-21(33-24(19)31-15-20)18-4-5-29-22(13-18)25(36)30-6-7-35-10-8-34(3)9-11-35/h4-5,12-16,27-28H,6-11H2,1-3H3,(H,30,36)(H,31,33)(H,32,37). The summed E-state index contributed by atoms with van der Waals surface area (Å²) in [5, 5.41) is 22.1. The van der Waals surface area contributed by atoms with Crippen molar-refractivity contribution in [3.05, 3.63) is 42.4 Å². The number of aromatic nitrogens is 3. The Morgan fingerprint density at radius 2 is 1.89 bits per heavy atom. The van der Waals surface area contributed by atoms with Crippen LogP contribution in [0.4, 0.5) is 5.69 Å². The largest absolute Gasteiger partial charge is 0.349 e. The minimum absolute atomic E-state index is 0.173. The highest BCUT2D eigenvalue weighted by atomic mass is 16.2. The number of rotatable bonds is 9. The molecular formula is C26H33N9O2. The van der Waals surface area contributed by atoms with Gasteiger partial charge in [-0.25, -0.2) is 4.98 Å². The first-order valence-corrected chi connectivity index (χ1v) is 12.3. The zero-order valence-electron chi connectivity index (χ0n) is 21.4. The molecule has 0 aliphatic carbocycles. The molecule has 2 amide bonds. The number of aromatic amines is 1. The van der Waals surface area contributed by atoms with Crippen molar-refractivity contribution in [1.82, 2.24) is 30.1 Å². The molecule has 0 spiro atoms. The van der Waals surface area contributed by atoms with Gasteiger partial charge < -0.3 is 25.9 Å². The number of H-pyrrole nitrogens is 1. The minimum Gasteiger partial charge on any atom is -0.349 e. The molecule has 4 rings (SSSR count). The number of carbonyl (C=O) groups excluding carboxylic acids is 2. The van der Waals surface area contributed by atoms with Crippen molar-refractivity contribution >= 4 is 40.0 Å². The van der Waals surface area contributed by atoms with E-state index in [1.807, 2.05) is 12.1 Å². The third-order valence-electron chi connectivity index (χ3n) is 6.67. The van der Waals surface area contributed by atoms with E-state index in [1.54, 1.807) is 32.2 Å². The summed E-state index contributed by atoms with van der Waals surface area (Å²) in [7, 11) is 2.12. The Hall–Kier alpha value is -3.96. The molecule has 4 heterocycles. The number of hydrogen-bond donors (Lipinski definition) is 5. The third-order valence-corrected chi connectivity index (χ3v) is 6.67. The van der Waals surface area contributed by atoms with E-state index in [-0.39, 0.29) is 17.3 Å². The van der Waals surface area contributed by atoms with Crippen LogP contribution in [0, 0.1) is 16.7 Å². The highest BCUT2D eigenvalue weighted by molar-refractivity contribution is 6.45. The van der Waals surface area contributed by atoms with Gasteiger partial charge in [-0.15, -0.1) is 0 Å². The van der Waals surface area contributed by atoms with Crippen LogP contribution in [-0.4, -0.2) is 94.3 Å². The van der Waals surface area contributed by atoms with Crippen LogP contribution in [0.1, 0.15) is 24.3 Å². The predicted octanol–water partition coefficient (Wildman–Crippen LogP) is 2.24. The average molecular weight is 504 g/mol. The van der Waals surface area contributed by atoms with Gasteiger partial charge in [0.05, 0.1) is 11.9 Å². The van der Waals surface area contributed by atoms with E-state index < -0.39 is 11.8 Å². The van der Waals surface area contributed by atoms with E-state index in [1.165, 1.54) is 6.20 Å². The van der Waals surface area contributed by atoms with E-state index in [0.717, 1.165) is 49.4 Å². The molecular weight excluding hydrogens is 470 g/mol. The lowest BCUT2D eigenvalue weighted by molar-refractivity contribution is -0.110. The van der Waals surface area contributed by atoms with Gasteiger partial charge in [0.25, 0.3) is 11.8 Å². The van der Waals surface area contributed by atoms with E-state index in [4.69, 9.17) is 10.8 Å². The van der Waals surface area contributed by atoms with Gasteiger partial charge in [0.1, 0.15) is 17.1 Å². The van der Waals surface area contributed by atoms with Gasteiger partial charge >= 0.3 is 0 Å². The zero-order chi connectivity index (χ0) is 26.5. The number of likely N-dealkylation sites (N-methyl/N-ethyl adjacent to an activating group) is 1. The van der Waals surface area contributed by atoms with Crippen molar-refractivity contribution in [2.75, 3.05) is 51.6 Å². The average Bonchev–Trinajstić information content (AvgIpc) is 3.32. The fraction of sp³-hybridized carbons (Fsp3) is 0.385. The summed E-state index contributed by atoms with van der Waals surface area (Å²) in [4.78, 5) is 41.6. The molecule has 194 valence electrons. The van der Waals surface area contributed by atoms with Crippen molar-refractivity contribution in [3.8, 4) is 11.3 Å². The number of pyridine rings is 2. The van der Waals surface area contributed by atoms with Gasteiger partial charge in [-0.1, -0.05) is 6.92 Å². The second-order valence-corrected chi connectivity index (χ2v) is 9.45. The summed E-state index contributed by atoms with van der Waals surface area (Å²) in [6, 6.07) is 7.21. The zero-order valence-corrected chi connectivity index (χ0v) is 21.4. The van der Waals surface area contributed by atoms with Crippen molar-refractivity contribution < 1.29 is 9.59 Å². The number of anilines is 1. The summed E-state index contributed by atoms with van der Waals surface area (Å²) in [5.41, 5.74) is 3.06. The molecule has 1 saturated heterocycles. The second-order valence-electron chi connectivity index (χ2n) is 9.45. The Labute approximate surface area is 215 Å². The first-order valence-electron chi connectivity index (χ1n) is 12.3. The molecule has 0 saturated carbocycles. The molecule has 11 nitrogen and oxygen atoms in total. The fourth-order valence-electron chi connectivity index (χ4n) is 4.06. The Morgan fingerprint density at radius 3 is 2.62 bits per heavy atom. The molecule has 1 atom stereocenters. The Balaban J connectivity index is 1.40. The van der Waals surface area contributed by atoms with E-state index >= 15 is 0 Å². The summed E-state index contributed by atoms with van der Waals surface area (Å²) in [6.07, 6.45) is 3.12. The fourth-order valence-corrected chi connectivity index (χ4v) is 4.06. The molecule has 0 bridgehead atoms. The van der Waals surface area contributed by atoms with Gasteiger partial charge in [0.2, 0.25) is 0 Å². The molecule has 1 unspecified atom stereocenters. The molecule has 5 N–H and O–H groups in total. The van der Waals surface area contributed by atoms with Gasteiger partial charge in [-0.05, 0) is 38.2 Å². The Bertz CT molecular complexity index is 1320. The quantitative estimate of drug-likeness (QED) is 0.282. The molecule has 0 radical (unpaired) electrons. The van der Waals surface area contributed by atoms with Gasteiger partial charge in [0.15, 0.2) is 0 Å². The van der Waals surface area contributed by atoms with Gasteiger partial charge in [0, 0.05) is 73.7 Å². The summed E-state index contributed by atoms with van der Waals surface area (Å²) in [6.45, 7) is 8.69. The number of hydrogen-bond acceptors (Lipinski definition) is 8. The molecule has 1 aliphatic heterocycles. The van der Waals surface area contributed by atoms with Crippen molar-refractivity contribution in [2.45, 2.75) is 13.8 Å². The minimum atomic E-state index is -0.562. The van der Waals surface area contributed by atoms with Crippen LogP contribution in [0.5, 0.6) is 0 Å². The lowest BCUT2D eigenvalue weighted by Crippen LogP contribution is -2.46. The highest BCUT2D eigenvalue weighted by Gasteiger charge is 2.19. The lowest BCUT2D eigenvalue weighted by Gasteiger charge is -2.32. The predicted molar refractivity (Wildman–Crippen MR) is 145 cm³/mol. The summed E-state index contributed by atoms with van der Waals surface area (Å²) >= 11 is 0. The number of nitrogens with zero attached hydrogens (tertiary/aromatic N) is 4. The lowest BCUT2D eigenvalue weighted by atomic mass is 10.0. The Morgan fingerprint density at radius 1 is 1.14 bits per heavy atom. The topological polar surface area (TPSA) is 154 Å². The van der Waals surface area contributed by atoms with E-state index in [9.17, 15) is 9.59 Å². The molecule has 11 heteroatoms. The first-order chi connectivity index (χ1) is 17.7. The van der Waals surface area contributed by atoms with E-state index in [2.05, 4.69) is 42.4 Å². The highest BCUT2D eigenvalue weighted by Crippen LogP contribution is 2.25. The van der Waals surface area contributed by atoms with Gasteiger partial charge in [-0.3, -0.25) is 24.9 Å². The smallest absolute Gasteiger partial charge is 0.270 e. The van der Waals surface area contributed by atoms with Crippen molar-refractivity contribution in [2.24, 2.45) is 5.92 Å². The number of nitrogens with one attached hydrogen (secondary N) is 5. The molecule has 1 fully saturated rings. The van der Waals surface area contributed by atoms with Crippen molar-refractivity contribution in [3.63, 3.8) is 0 Å². The monoisotopic (exact) mass is 503 g/mol. The number of fused-ring (bicyclic) bond motifs is 1. The number of carbonyl (C=O) groups is 2. The van der Waals surface area contributed by atoms with Crippen LogP contribution < -0.4 is 10.6 Å². The molecule has 0 aromatic carbocycles. The third kappa shape index (κ3) is 6.43. The van der Waals surface area contributed by atoms with Crippen LogP contribution in [-0.2, 0) is 4.79 Å². The maximum Gasteiger partial charge on any atom is 0.270 e. The summed E-state index contributed by atoms with van der Waals surface area (Å²) < 4.78 is 0. The van der Waals surface area contributed by atoms with E-state index in [0.29, 0.717) is 23.6 Å². The molecule has 37 heavy (non-hydrogen) atoms. The van der Waals surface area contributed by atoms with Gasteiger partial charge in [-0.2, -0.15) is 0 Å². The van der Waals surface area contributed by atoms with Crippen molar-refractivity contribution in [1.29, 1.82) is 10.8 Å². The number of piperazine rings is 1. The molecule has 1 aliphatic rings. The SMILES string of the molecule is CC(=N)C(C)C(=N)C(=O)Nc1cnc2[nH]c(-c3ccnc(C(=O)NCCN4CCN(C)CC4)c3)cc2c1. The molecule has 3 aromatic rings. The first kappa shape index (κ1) is 26.1.